The van der Waals surface area contributed by atoms with E-state index in [0.29, 0.717) is 0 Å². The number of carboxylic acids is 1. The second-order valence-corrected chi connectivity index (χ2v) is 3.47. The van der Waals surface area contributed by atoms with Crippen LogP contribution in [0.3, 0.4) is 0 Å². The van der Waals surface area contributed by atoms with Gasteiger partial charge in [-0.2, -0.15) is 0 Å². The summed E-state index contributed by atoms with van der Waals surface area (Å²) in [5.41, 5.74) is 0.829. The van der Waals surface area contributed by atoms with Gasteiger partial charge in [0, 0.05) is 5.92 Å². The van der Waals surface area contributed by atoms with Crippen LogP contribution in [0.1, 0.15) is 17.9 Å². The van der Waals surface area contributed by atoms with E-state index in [0.717, 1.165) is 5.56 Å². The van der Waals surface area contributed by atoms with Crippen LogP contribution in [-0.4, -0.2) is 23.1 Å². The Kier molecular flexibility index (Phi) is 2.41. The molecule has 0 aromatic heterocycles. The van der Waals surface area contributed by atoms with Gasteiger partial charge in [0.25, 0.3) is 0 Å². The summed E-state index contributed by atoms with van der Waals surface area (Å²) < 4.78 is 4.75. The van der Waals surface area contributed by atoms with Gasteiger partial charge in [-0.15, -0.1) is 0 Å². The van der Waals surface area contributed by atoms with Crippen LogP contribution in [-0.2, 0) is 14.3 Å². The van der Waals surface area contributed by atoms with Crippen molar-refractivity contribution in [3.05, 3.63) is 35.9 Å². The quantitative estimate of drug-likeness (QED) is 0.738. The van der Waals surface area contributed by atoms with E-state index in [4.69, 9.17) is 9.84 Å². The topological polar surface area (TPSA) is 63.6 Å². The number of aliphatic carboxylic acids is 1. The summed E-state index contributed by atoms with van der Waals surface area (Å²) in [7, 11) is 0. The summed E-state index contributed by atoms with van der Waals surface area (Å²) >= 11 is 0. The molecule has 2 atom stereocenters. The van der Waals surface area contributed by atoms with E-state index in [9.17, 15) is 9.59 Å². The predicted molar refractivity (Wildman–Crippen MR) is 51.3 cm³/mol. The molecule has 4 nitrogen and oxygen atoms in total. The number of hydrogen-bond donors (Lipinski definition) is 1. The maximum atomic E-state index is 11.1. The third-order valence-corrected chi connectivity index (χ3v) is 2.48. The molecule has 2 rings (SSSR count). The third-order valence-electron chi connectivity index (χ3n) is 2.48. The molecule has 1 aliphatic heterocycles. The molecule has 0 unspecified atom stereocenters. The zero-order chi connectivity index (χ0) is 10.8. The number of rotatable bonds is 2. The Morgan fingerprint density at radius 3 is 2.60 bits per heavy atom. The van der Waals surface area contributed by atoms with Crippen molar-refractivity contribution in [2.45, 2.75) is 18.4 Å². The monoisotopic (exact) mass is 206 g/mol. The second kappa shape index (κ2) is 3.73. The van der Waals surface area contributed by atoms with E-state index in [1.54, 1.807) is 0 Å². The average molecular weight is 206 g/mol. The zero-order valence-electron chi connectivity index (χ0n) is 7.92. The van der Waals surface area contributed by atoms with Crippen molar-refractivity contribution in [2.75, 3.05) is 0 Å². The number of carboxylic acid groups (broad SMARTS) is 1. The maximum Gasteiger partial charge on any atom is 0.345 e. The highest BCUT2D eigenvalue weighted by atomic mass is 16.6. The van der Waals surface area contributed by atoms with Crippen molar-refractivity contribution in [1.29, 1.82) is 0 Å². The van der Waals surface area contributed by atoms with E-state index in [1.165, 1.54) is 0 Å². The summed E-state index contributed by atoms with van der Waals surface area (Å²) in [6, 6.07) is 9.09. The van der Waals surface area contributed by atoms with Crippen molar-refractivity contribution < 1.29 is 19.4 Å². The molecule has 0 radical (unpaired) electrons. The van der Waals surface area contributed by atoms with E-state index >= 15 is 0 Å². The zero-order valence-corrected chi connectivity index (χ0v) is 7.92. The molecule has 1 aliphatic rings. The number of carbonyl (C=O) groups excluding carboxylic acids is 1. The largest absolute Gasteiger partial charge is 0.478 e. The Bertz CT molecular complexity index is 385. The summed E-state index contributed by atoms with van der Waals surface area (Å²) in [6.07, 6.45) is -0.902. The highest BCUT2D eigenvalue weighted by molar-refractivity contribution is 5.84. The van der Waals surface area contributed by atoms with E-state index < -0.39 is 18.0 Å². The van der Waals surface area contributed by atoms with Gasteiger partial charge in [0.15, 0.2) is 0 Å². The number of carbonyl (C=O) groups is 2. The SMILES string of the molecule is O=C1C[C@@H](c2ccccc2)[C@H](C(=O)O)O1. The van der Waals surface area contributed by atoms with Crippen LogP contribution in [0.25, 0.3) is 0 Å². The van der Waals surface area contributed by atoms with Crippen LogP contribution >= 0.6 is 0 Å². The van der Waals surface area contributed by atoms with Gasteiger partial charge in [0.05, 0.1) is 6.42 Å². The molecule has 1 saturated heterocycles. The summed E-state index contributed by atoms with van der Waals surface area (Å²) in [5.74, 6) is -1.90. The highest BCUT2D eigenvalue weighted by Crippen LogP contribution is 2.31. The lowest BCUT2D eigenvalue weighted by molar-refractivity contribution is -0.157. The van der Waals surface area contributed by atoms with Crippen molar-refractivity contribution in [1.82, 2.24) is 0 Å². The normalized spacial score (nSPS) is 24.9. The molecule has 0 amide bonds. The van der Waals surface area contributed by atoms with Gasteiger partial charge in [0.1, 0.15) is 0 Å². The molecular weight excluding hydrogens is 196 g/mol. The van der Waals surface area contributed by atoms with Crippen molar-refractivity contribution in [2.24, 2.45) is 0 Å². The minimum absolute atomic E-state index is 0.140. The van der Waals surface area contributed by atoms with Gasteiger partial charge in [-0.1, -0.05) is 30.3 Å². The molecule has 1 aromatic rings. The van der Waals surface area contributed by atoms with E-state index in [1.807, 2.05) is 30.3 Å². The predicted octanol–water partition coefficient (Wildman–Crippen LogP) is 1.17. The van der Waals surface area contributed by atoms with Gasteiger partial charge in [0.2, 0.25) is 6.10 Å². The maximum absolute atomic E-state index is 11.1. The number of cyclic esters (lactones) is 1. The Hall–Kier alpha value is -1.84. The highest BCUT2D eigenvalue weighted by Gasteiger charge is 2.40. The molecule has 0 aliphatic carbocycles. The van der Waals surface area contributed by atoms with Crippen molar-refractivity contribution in [3.63, 3.8) is 0 Å². The third kappa shape index (κ3) is 1.83. The van der Waals surface area contributed by atoms with Crippen LogP contribution in [0.15, 0.2) is 30.3 Å². The number of ether oxygens (including phenoxy) is 1. The van der Waals surface area contributed by atoms with Crippen LogP contribution in [0.5, 0.6) is 0 Å². The summed E-state index contributed by atoms with van der Waals surface area (Å²) in [6.45, 7) is 0. The summed E-state index contributed by atoms with van der Waals surface area (Å²) in [5, 5.41) is 8.89. The molecule has 0 bridgehead atoms. The lowest BCUT2D eigenvalue weighted by Crippen LogP contribution is -2.25. The second-order valence-electron chi connectivity index (χ2n) is 3.47. The molecule has 1 fully saturated rings. The summed E-state index contributed by atoms with van der Waals surface area (Å²) in [4.78, 5) is 21.9. The van der Waals surface area contributed by atoms with Gasteiger partial charge >= 0.3 is 11.9 Å². The molecule has 0 spiro atoms. The van der Waals surface area contributed by atoms with Gasteiger partial charge < -0.3 is 9.84 Å². The molecule has 78 valence electrons. The van der Waals surface area contributed by atoms with E-state index in [2.05, 4.69) is 0 Å². The molecule has 1 aromatic carbocycles. The first-order valence-corrected chi connectivity index (χ1v) is 4.65. The molecule has 4 heteroatoms. The number of hydrogen-bond acceptors (Lipinski definition) is 3. The fourth-order valence-corrected chi connectivity index (χ4v) is 1.77. The van der Waals surface area contributed by atoms with Gasteiger partial charge in [-0.05, 0) is 5.56 Å². The van der Waals surface area contributed by atoms with Gasteiger partial charge in [-0.25, -0.2) is 4.79 Å². The Balaban J connectivity index is 2.28. The first kappa shape index (κ1) is 9.71. The van der Waals surface area contributed by atoms with Crippen LogP contribution in [0.4, 0.5) is 0 Å². The van der Waals surface area contributed by atoms with Crippen LogP contribution in [0.2, 0.25) is 0 Å². The minimum Gasteiger partial charge on any atom is -0.478 e. The van der Waals surface area contributed by atoms with Crippen LogP contribution < -0.4 is 0 Å². The van der Waals surface area contributed by atoms with Crippen LogP contribution in [0, 0.1) is 0 Å². The lowest BCUT2D eigenvalue weighted by Gasteiger charge is -2.12. The lowest BCUT2D eigenvalue weighted by atomic mass is 9.92. The Labute approximate surface area is 86.5 Å². The minimum atomic E-state index is -1.09. The standard InChI is InChI=1S/C11H10O4/c12-9-6-8(10(15-9)11(13)14)7-4-2-1-3-5-7/h1-5,8,10H,6H2,(H,13,14)/t8-,10+/m0/s1. The number of benzene rings is 1. The first-order chi connectivity index (χ1) is 7.18. The smallest absolute Gasteiger partial charge is 0.345 e. The van der Waals surface area contributed by atoms with E-state index in [-0.39, 0.29) is 12.3 Å². The molecular formula is C11H10O4. The Morgan fingerprint density at radius 2 is 2.00 bits per heavy atom. The van der Waals surface area contributed by atoms with Crippen molar-refractivity contribution >= 4 is 11.9 Å². The van der Waals surface area contributed by atoms with Crippen molar-refractivity contribution in [3.8, 4) is 0 Å². The first-order valence-electron chi connectivity index (χ1n) is 4.65. The fraction of sp³-hybridized carbons (Fsp3) is 0.273. The molecule has 1 N–H and O–H groups in total. The Morgan fingerprint density at radius 1 is 1.33 bits per heavy atom. The average Bonchev–Trinajstić information content (AvgIpc) is 2.62. The fourth-order valence-electron chi connectivity index (χ4n) is 1.77. The molecule has 0 saturated carbocycles. The molecule has 15 heavy (non-hydrogen) atoms. The van der Waals surface area contributed by atoms with Gasteiger partial charge in [-0.3, -0.25) is 4.79 Å². The number of esters is 1. The molecule has 1 heterocycles.